The molecule has 0 radical (unpaired) electrons. The fourth-order valence-electron chi connectivity index (χ4n) is 0.892. The van der Waals surface area contributed by atoms with Crippen molar-refractivity contribution < 1.29 is 4.39 Å². The van der Waals surface area contributed by atoms with Crippen molar-refractivity contribution in [1.82, 2.24) is 0 Å². The molecule has 1 rings (SSSR count). The van der Waals surface area contributed by atoms with Crippen LogP contribution in [0.2, 0.25) is 0 Å². The minimum Gasteiger partial charge on any atom is -0.206 e. The van der Waals surface area contributed by atoms with Crippen LogP contribution >= 0.6 is 27.7 Å². The fourth-order valence-corrected chi connectivity index (χ4v) is 2.02. The zero-order chi connectivity index (χ0) is 9.84. The van der Waals surface area contributed by atoms with Gasteiger partial charge >= 0.3 is 0 Å². The summed E-state index contributed by atoms with van der Waals surface area (Å²) < 4.78 is 13.4. The van der Waals surface area contributed by atoms with E-state index in [0.29, 0.717) is 9.72 Å². The number of halogens is 2. The van der Waals surface area contributed by atoms with Crippen LogP contribution in [0.3, 0.4) is 0 Å². The van der Waals surface area contributed by atoms with Gasteiger partial charge in [-0.2, -0.15) is 11.8 Å². The van der Waals surface area contributed by atoms with Crippen molar-refractivity contribution in [3.05, 3.63) is 34.1 Å². The molecule has 0 saturated heterocycles. The third-order valence-corrected chi connectivity index (χ3v) is 3.34. The average Bonchev–Trinajstić information content (AvgIpc) is 2.07. The Bertz CT molecular complexity index is 286. The first kappa shape index (κ1) is 11.1. The van der Waals surface area contributed by atoms with Gasteiger partial charge in [0, 0.05) is 5.75 Å². The van der Waals surface area contributed by atoms with E-state index in [1.54, 1.807) is 0 Å². The number of hydrogen-bond donors (Lipinski definition) is 0. The van der Waals surface area contributed by atoms with E-state index in [1.165, 1.54) is 6.07 Å². The zero-order valence-electron chi connectivity index (χ0n) is 7.68. The first-order valence-electron chi connectivity index (χ1n) is 4.15. The Balaban J connectivity index is 2.63. The lowest BCUT2D eigenvalue weighted by Gasteiger charge is -2.05. The molecule has 0 bridgehead atoms. The van der Waals surface area contributed by atoms with Crippen molar-refractivity contribution in [2.45, 2.75) is 24.9 Å². The number of benzene rings is 1. The molecule has 1 aromatic rings. The van der Waals surface area contributed by atoms with E-state index in [1.807, 2.05) is 23.9 Å². The van der Waals surface area contributed by atoms with Crippen molar-refractivity contribution in [1.29, 1.82) is 0 Å². The first-order chi connectivity index (χ1) is 6.09. The molecule has 0 aromatic heterocycles. The molecule has 3 heteroatoms. The molecule has 1 aromatic carbocycles. The minimum atomic E-state index is -0.196. The minimum absolute atomic E-state index is 0.196. The quantitative estimate of drug-likeness (QED) is 0.786. The summed E-state index contributed by atoms with van der Waals surface area (Å²) in [5.74, 6) is 0.745. The summed E-state index contributed by atoms with van der Waals surface area (Å²) in [4.78, 5) is 0. The molecule has 0 aliphatic heterocycles. The van der Waals surface area contributed by atoms with Crippen LogP contribution in [0.1, 0.15) is 19.4 Å². The van der Waals surface area contributed by atoms with E-state index >= 15 is 0 Å². The zero-order valence-corrected chi connectivity index (χ0v) is 10.1. The van der Waals surface area contributed by atoms with Crippen molar-refractivity contribution in [2.24, 2.45) is 0 Å². The summed E-state index contributed by atoms with van der Waals surface area (Å²) in [7, 11) is 0. The van der Waals surface area contributed by atoms with Gasteiger partial charge in [0.15, 0.2) is 0 Å². The van der Waals surface area contributed by atoms with Crippen molar-refractivity contribution in [3.63, 3.8) is 0 Å². The molecule has 0 unspecified atom stereocenters. The Labute approximate surface area is 91.0 Å². The van der Waals surface area contributed by atoms with Crippen LogP contribution in [0.25, 0.3) is 0 Å². The van der Waals surface area contributed by atoms with Gasteiger partial charge in [0.2, 0.25) is 0 Å². The van der Waals surface area contributed by atoms with Crippen molar-refractivity contribution in [2.75, 3.05) is 0 Å². The van der Waals surface area contributed by atoms with E-state index in [2.05, 4.69) is 29.8 Å². The Kier molecular flexibility index (Phi) is 4.26. The van der Waals surface area contributed by atoms with Gasteiger partial charge in [-0.05, 0) is 38.9 Å². The van der Waals surface area contributed by atoms with Crippen molar-refractivity contribution in [3.8, 4) is 0 Å². The summed E-state index contributed by atoms with van der Waals surface area (Å²) in [5, 5.41) is 0.615. The first-order valence-corrected chi connectivity index (χ1v) is 5.99. The van der Waals surface area contributed by atoms with Gasteiger partial charge in [-0.25, -0.2) is 4.39 Å². The number of hydrogen-bond acceptors (Lipinski definition) is 1. The molecule has 0 atom stereocenters. The highest BCUT2D eigenvalue weighted by atomic mass is 79.9. The number of rotatable bonds is 3. The second-order valence-corrected chi connectivity index (χ2v) is 5.53. The van der Waals surface area contributed by atoms with E-state index in [9.17, 15) is 4.39 Å². The predicted octanol–water partition coefficient (Wildman–Crippen LogP) is 4.23. The lowest BCUT2D eigenvalue weighted by atomic mass is 10.2. The molecule has 0 amide bonds. The van der Waals surface area contributed by atoms with Gasteiger partial charge in [0.1, 0.15) is 5.82 Å². The van der Waals surface area contributed by atoms with E-state index in [4.69, 9.17) is 0 Å². The standard InChI is InChI=1S/C10H12BrFS/c1-7(2)13-6-8-3-4-10(12)9(11)5-8/h3-5,7H,6H2,1-2H3. The Hall–Kier alpha value is -0.0200. The van der Waals surface area contributed by atoms with Crippen LogP contribution in [0, 0.1) is 5.82 Å². The highest BCUT2D eigenvalue weighted by Crippen LogP contribution is 2.22. The summed E-state index contributed by atoms with van der Waals surface area (Å²) in [6.07, 6.45) is 0. The van der Waals surface area contributed by atoms with Gasteiger partial charge in [-0.15, -0.1) is 0 Å². The van der Waals surface area contributed by atoms with Crippen LogP contribution in [-0.2, 0) is 5.75 Å². The Morgan fingerprint density at radius 1 is 1.46 bits per heavy atom. The molecule has 0 fully saturated rings. The Morgan fingerprint density at radius 3 is 2.69 bits per heavy atom. The van der Waals surface area contributed by atoms with Crippen LogP contribution in [-0.4, -0.2) is 5.25 Å². The van der Waals surface area contributed by atoms with E-state index < -0.39 is 0 Å². The van der Waals surface area contributed by atoms with Gasteiger partial charge < -0.3 is 0 Å². The lowest BCUT2D eigenvalue weighted by molar-refractivity contribution is 0.620. The normalized spacial score (nSPS) is 10.8. The largest absolute Gasteiger partial charge is 0.206 e. The Morgan fingerprint density at radius 2 is 2.15 bits per heavy atom. The highest BCUT2D eigenvalue weighted by Gasteiger charge is 2.01. The molecule has 72 valence electrons. The smallest absolute Gasteiger partial charge is 0.137 e. The molecule has 0 N–H and O–H groups in total. The highest BCUT2D eigenvalue weighted by molar-refractivity contribution is 9.10. The second-order valence-electron chi connectivity index (χ2n) is 3.11. The SMILES string of the molecule is CC(C)SCc1ccc(F)c(Br)c1. The van der Waals surface area contributed by atoms with Crippen LogP contribution in [0.4, 0.5) is 4.39 Å². The van der Waals surface area contributed by atoms with Gasteiger partial charge in [-0.1, -0.05) is 19.9 Å². The molecule has 0 saturated carbocycles. The molecule has 0 aliphatic rings. The van der Waals surface area contributed by atoms with Crippen molar-refractivity contribution >= 4 is 27.7 Å². The monoisotopic (exact) mass is 262 g/mol. The molecule has 0 spiro atoms. The van der Waals surface area contributed by atoms with Gasteiger partial charge in [-0.3, -0.25) is 0 Å². The van der Waals surface area contributed by atoms with Crippen LogP contribution in [0.15, 0.2) is 22.7 Å². The molecule has 13 heavy (non-hydrogen) atoms. The maximum atomic E-state index is 12.8. The molecule has 0 aliphatic carbocycles. The molecule has 0 heterocycles. The van der Waals surface area contributed by atoms with Crippen LogP contribution < -0.4 is 0 Å². The van der Waals surface area contributed by atoms with E-state index in [0.717, 1.165) is 11.3 Å². The maximum Gasteiger partial charge on any atom is 0.137 e. The maximum absolute atomic E-state index is 12.8. The predicted molar refractivity (Wildman–Crippen MR) is 60.5 cm³/mol. The van der Waals surface area contributed by atoms with Crippen LogP contribution in [0.5, 0.6) is 0 Å². The third-order valence-electron chi connectivity index (χ3n) is 1.57. The fraction of sp³-hybridized carbons (Fsp3) is 0.400. The summed E-state index contributed by atoms with van der Waals surface area (Å²) in [5.41, 5.74) is 1.16. The van der Waals surface area contributed by atoms with Gasteiger partial charge in [0.25, 0.3) is 0 Å². The third kappa shape index (κ3) is 3.69. The molecular formula is C10H12BrFS. The van der Waals surface area contributed by atoms with Gasteiger partial charge in [0.05, 0.1) is 4.47 Å². The molecule has 0 nitrogen and oxygen atoms in total. The summed E-state index contributed by atoms with van der Waals surface area (Å²) >= 11 is 5.02. The summed E-state index contributed by atoms with van der Waals surface area (Å²) in [6, 6.07) is 5.17. The second kappa shape index (κ2) is 5.01. The average molecular weight is 263 g/mol. The molecular weight excluding hydrogens is 251 g/mol. The lowest BCUT2D eigenvalue weighted by Crippen LogP contribution is -1.89. The summed E-state index contributed by atoms with van der Waals surface area (Å²) in [6.45, 7) is 4.31. The topological polar surface area (TPSA) is 0 Å². The number of thioether (sulfide) groups is 1. The van der Waals surface area contributed by atoms with E-state index in [-0.39, 0.29) is 5.82 Å².